The first-order valence-electron chi connectivity index (χ1n) is 1.43. The summed E-state index contributed by atoms with van der Waals surface area (Å²) in [7, 11) is 0. The highest BCUT2D eigenvalue weighted by Crippen LogP contribution is 1.92. The zero-order valence-corrected chi connectivity index (χ0v) is 6.95. The van der Waals surface area contributed by atoms with Gasteiger partial charge in [-0.2, -0.15) is 0 Å². The van der Waals surface area contributed by atoms with Crippen LogP contribution in [0.2, 0.25) is 0 Å². The summed E-state index contributed by atoms with van der Waals surface area (Å²) in [6.45, 7) is 0. The van der Waals surface area contributed by atoms with Gasteiger partial charge in [0.05, 0.1) is 0 Å². The number of hydrogen-bond acceptors (Lipinski definition) is 4. The molecule has 0 atom stereocenters. The molecular formula is C2H2O2S4. The minimum absolute atomic E-state index is 0.0265. The molecule has 0 rings (SSSR count). The van der Waals surface area contributed by atoms with Crippen molar-refractivity contribution in [2.24, 2.45) is 0 Å². The summed E-state index contributed by atoms with van der Waals surface area (Å²) in [6.07, 6.45) is 0. The first-order chi connectivity index (χ1) is 3.63. The van der Waals surface area contributed by atoms with Crippen molar-refractivity contribution < 1.29 is 9.78 Å². The van der Waals surface area contributed by atoms with E-state index in [2.05, 4.69) is 59.5 Å². The Balaban J connectivity index is 3.18. The monoisotopic (exact) mass is 186 g/mol. The summed E-state index contributed by atoms with van der Waals surface area (Å²) < 4.78 is -0.0530. The summed E-state index contributed by atoms with van der Waals surface area (Å²) in [5, 5.41) is 0. The third-order valence-electron chi connectivity index (χ3n) is 0.184. The molecule has 8 heavy (non-hydrogen) atoms. The van der Waals surface area contributed by atoms with E-state index in [1.807, 2.05) is 0 Å². The van der Waals surface area contributed by atoms with Gasteiger partial charge >= 0.3 is 0 Å². The molecule has 0 aliphatic heterocycles. The van der Waals surface area contributed by atoms with Crippen molar-refractivity contribution >= 4 is 58.5 Å². The van der Waals surface area contributed by atoms with Crippen LogP contribution in [-0.4, -0.2) is 8.77 Å². The van der Waals surface area contributed by atoms with Crippen LogP contribution >= 0.6 is 49.7 Å². The fourth-order valence-corrected chi connectivity index (χ4v) is 0.214. The van der Waals surface area contributed by atoms with Gasteiger partial charge < -0.3 is 0 Å². The number of rotatable bonds is 0. The lowest BCUT2D eigenvalue weighted by Gasteiger charge is -1.96. The minimum atomic E-state index is -0.0265. The van der Waals surface area contributed by atoms with E-state index in [4.69, 9.17) is 0 Å². The maximum Gasteiger partial charge on any atom is 0.273 e. The number of hydrogen-bond donors (Lipinski definition) is 2. The van der Waals surface area contributed by atoms with Gasteiger partial charge in [-0.05, 0) is 24.4 Å². The maximum atomic E-state index is 4.34. The molecule has 0 aliphatic rings. The Morgan fingerprint density at radius 1 is 1.00 bits per heavy atom. The first kappa shape index (κ1) is 8.48. The van der Waals surface area contributed by atoms with Crippen molar-refractivity contribution in [2.45, 2.75) is 0 Å². The summed E-state index contributed by atoms with van der Waals surface area (Å²) in [6, 6.07) is 0. The van der Waals surface area contributed by atoms with Crippen LogP contribution in [0.25, 0.3) is 0 Å². The van der Waals surface area contributed by atoms with E-state index in [9.17, 15) is 0 Å². The molecule has 0 N–H and O–H groups in total. The molecule has 0 aromatic heterocycles. The topological polar surface area (TPSA) is 18.5 Å². The average molecular weight is 186 g/mol. The molecular weight excluding hydrogens is 184 g/mol. The number of thiocarbonyl (C=S) groups is 2. The molecule has 0 bridgehead atoms. The molecule has 0 heterocycles. The quantitative estimate of drug-likeness (QED) is 0.257. The Morgan fingerprint density at radius 3 is 1.38 bits per heavy atom. The van der Waals surface area contributed by atoms with E-state index in [0.717, 1.165) is 0 Å². The second-order valence-corrected chi connectivity index (χ2v) is 2.86. The highest BCUT2D eigenvalue weighted by Gasteiger charge is 1.90. The third-order valence-corrected chi connectivity index (χ3v) is 0.469. The molecule has 0 fully saturated rings. The SMILES string of the molecule is S=C(S)OOC(=S)S. The molecule has 2 nitrogen and oxygen atoms in total. The Kier molecular flexibility index (Phi) is 4.63. The molecule has 0 spiro atoms. The molecule has 0 aromatic carbocycles. The van der Waals surface area contributed by atoms with Gasteiger partial charge in [-0.25, -0.2) is 0 Å². The normalized spacial score (nSPS) is 7.75. The van der Waals surface area contributed by atoms with Crippen LogP contribution in [0.15, 0.2) is 0 Å². The van der Waals surface area contributed by atoms with Crippen LogP contribution in [0, 0.1) is 0 Å². The van der Waals surface area contributed by atoms with Crippen LogP contribution in [0.4, 0.5) is 0 Å². The molecule has 0 unspecified atom stereocenters. The highest BCUT2D eigenvalue weighted by molar-refractivity contribution is 8.11. The van der Waals surface area contributed by atoms with Gasteiger partial charge in [0.15, 0.2) is 0 Å². The summed E-state index contributed by atoms with van der Waals surface area (Å²) in [4.78, 5) is 8.36. The van der Waals surface area contributed by atoms with E-state index >= 15 is 0 Å². The lowest BCUT2D eigenvalue weighted by Crippen LogP contribution is -1.97. The summed E-state index contributed by atoms with van der Waals surface area (Å²) in [5.41, 5.74) is 0. The third kappa shape index (κ3) is 6.48. The Bertz CT molecular complexity index is 96.6. The maximum absolute atomic E-state index is 4.34. The first-order valence-corrected chi connectivity index (χ1v) is 3.14. The van der Waals surface area contributed by atoms with Crippen molar-refractivity contribution in [3.63, 3.8) is 0 Å². The average Bonchev–Trinajstić information content (AvgIpc) is 1.61. The second kappa shape index (κ2) is 4.37. The molecule has 0 amide bonds. The van der Waals surface area contributed by atoms with E-state index < -0.39 is 0 Å². The van der Waals surface area contributed by atoms with E-state index in [-0.39, 0.29) is 8.77 Å². The van der Waals surface area contributed by atoms with Crippen molar-refractivity contribution in [3.05, 3.63) is 0 Å². The smallest absolute Gasteiger partial charge is 0.269 e. The van der Waals surface area contributed by atoms with E-state index in [1.165, 1.54) is 0 Å². The van der Waals surface area contributed by atoms with Crippen LogP contribution in [0.1, 0.15) is 0 Å². The predicted octanol–water partition coefficient (Wildman–Crippen LogP) is 1.36. The Hall–Kier alpha value is 0.480. The van der Waals surface area contributed by atoms with Gasteiger partial charge in [0.25, 0.3) is 8.77 Å². The minimum Gasteiger partial charge on any atom is -0.269 e. The van der Waals surface area contributed by atoms with Gasteiger partial charge in [0, 0.05) is 0 Å². The van der Waals surface area contributed by atoms with Gasteiger partial charge in [-0.1, -0.05) is 25.3 Å². The highest BCUT2D eigenvalue weighted by atomic mass is 32.1. The van der Waals surface area contributed by atoms with Gasteiger partial charge in [0.1, 0.15) is 0 Å². The Labute approximate surface area is 68.3 Å². The molecule has 6 heteroatoms. The molecule has 0 radical (unpaired) electrons. The van der Waals surface area contributed by atoms with Crippen LogP contribution in [-0.2, 0) is 9.78 Å². The van der Waals surface area contributed by atoms with Crippen molar-refractivity contribution in [3.8, 4) is 0 Å². The van der Waals surface area contributed by atoms with Crippen LogP contribution < -0.4 is 0 Å². The lowest BCUT2D eigenvalue weighted by atomic mass is 11.6. The number of thiol groups is 2. The zero-order chi connectivity index (χ0) is 6.57. The van der Waals surface area contributed by atoms with Crippen molar-refractivity contribution in [1.29, 1.82) is 0 Å². The predicted molar refractivity (Wildman–Crippen MR) is 45.3 cm³/mol. The van der Waals surface area contributed by atoms with E-state index in [0.29, 0.717) is 0 Å². The molecule has 0 aromatic rings. The summed E-state index contributed by atoms with van der Waals surface area (Å²) in [5.74, 6) is 0. The molecule has 0 aliphatic carbocycles. The van der Waals surface area contributed by atoms with Crippen molar-refractivity contribution in [1.82, 2.24) is 0 Å². The van der Waals surface area contributed by atoms with Crippen LogP contribution in [0.5, 0.6) is 0 Å². The molecule has 0 saturated heterocycles. The van der Waals surface area contributed by atoms with E-state index in [1.54, 1.807) is 0 Å². The molecule has 46 valence electrons. The summed E-state index contributed by atoms with van der Waals surface area (Å²) >= 11 is 15.8. The van der Waals surface area contributed by atoms with Gasteiger partial charge in [-0.15, -0.1) is 0 Å². The zero-order valence-electron chi connectivity index (χ0n) is 3.53. The van der Waals surface area contributed by atoms with Crippen LogP contribution in [0.3, 0.4) is 0 Å². The standard InChI is InChI=1S/C2H2O2S4/c5-1(6)3-4-2(7)8/h(H,5,6)(H,7,8). The molecule has 0 saturated carbocycles. The lowest BCUT2D eigenvalue weighted by molar-refractivity contribution is -0.117. The van der Waals surface area contributed by atoms with Crippen molar-refractivity contribution in [2.75, 3.05) is 0 Å². The second-order valence-electron chi connectivity index (χ2n) is 0.698. The Morgan fingerprint density at radius 2 is 1.25 bits per heavy atom. The fraction of sp³-hybridized carbons (Fsp3) is 0. The largest absolute Gasteiger partial charge is 0.273 e. The van der Waals surface area contributed by atoms with Gasteiger partial charge in [-0.3, -0.25) is 9.78 Å². The van der Waals surface area contributed by atoms with Gasteiger partial charge in [0.2, 0.25) is 0 Å². The fourth-order valence-electron chi connectivity index (χ4n) is 0.0713.